The minimum atomic E-state index is -5.54. The molecule has 1 rings (SSSR count). The number of pyridine rings is 1. The maximum atomic E-state index is 11.3. The molecule has 1 aromatic rings. The molecule has 1 atom stereocenters. The minimum Gasteiger partial charge on any atom is -0.363 e. The van der Waals surface area contributed by atoms with Gasteiger partial charge in [-0.25, -0.2) is 0 Å². The number of hydrogen-bond donors (Lipinski definition) is 4. The highest BCUT2D eigenvalue weighted by Crippen LogP contribution is 2.53. The van der Waals surface area contributed by atoms with Crippen molar-refractivity contribution in [3.05, 3.63) is 29.6 Å². The van der Waals surface area contributed by atoms with E-state index in [4.69, 9.17) is 14.3 Å². The first-order valence-electron chi connectivity index (χ1n) is 6.71. The first-order chi connectivity index (χ1) is 10.0. The largest absolute Gasteiger partial charge is 0.375 e. The Balaban J connectivity index is 3.06. The molecule has 0 aliphatic carbocycles. The Morgan fingerprint density at radius 3 is 2.32 bits per heavy atom. The summed E-state index contributed by atoms with van der Waals surface area (Å²) in [5.74, 6) is 0. The molecule has 0 saturated carbocycles. The van der Waals surface area contributed by atoms with Gasteiger partial charge in [0.2, 0.25) is 0 Å². The SMILES string of the molecule is CCCCCc1cccc(CC(O)(P(=O)(O)O)S(=O)(=O)O)n1. The molecule has 1 aromatic heterocycles. The maximum absolute atomic E-state index is 11.3. The Kier molecular flexibility index (Phi) is 6.26. The molecule has 0 saturated heterocycles. The van der Waals surface area contributed by atoms with Crippen molar-refractivity contribution in [3.63, 3.8) is 0 Å². The van der Waals surface area contributed by atoms with Gasteiger partial charge in [0.05, 0.1) is 0 Å². The van der Waals surface area contributed by atoms with Crippen molar-refractivity contribution in [2.75, 3.05) is 0 Å². The van der Waals surface area contributed by atoms with Gasteiger partial charge in [-0.1, -0.05) is 25.8 Å². The molecule has 22 heavy (non-hydrogen) atoms. The smallest absolute Gasteiger partial charge is 0.363 e. The van der Waals surface area contributed by atoms with Crippen LogP contribution >= 0.6 is 7.60 Å². The second-order valence-corrected chi connectivity index (χ2v) is 8.77. The number of rotatable bonds is 8. The average molecular weight is 353 g/mol. The highest BCUT2D eigenvalue weighted by molar-refractivity contribution is 7.94. The lowest BCUT2D eigenvalue weighted by molar-refractivity contribution is 0.151. The maximum Gasteiger partial charge on any atom is 0.375 e. The van der Waals surface area contributed by atoms with Crippen LogP contribution in [0.25, 0.3) is 0 Å². The van der Waals surface area contributed by atoms with Crippen LogP contribution in [0.15, 0.2) is 18.2 Å². The number of aliphatic hydroxyl groups is 1. The summed E-state index contributed by atoms with van der Waals surface area (Å²) in [4.78, 5) is 22.2. The Hall–Kier alpha value is -0.830. The van der Waals surface area contributed by atoms with Crippen LogP contribution in [0.2, 0.25) is 0 Å². The van der Waals surface area contributed by atoms with E-state index in [2.05, 4.69) is 4.98 Å². The van der Waals surface area contributed by atoms with Crippen LogP contribution in [-0.2, 0) is 27.5 Å². The number of hydrogen-bond acceptors (Lipinski definition) is 5. The molecular weight excluding hydrogens is 333 g/mol. The number of unbranched alkanes of at least 4 members (excludes halogenated alkanes) is 2. The van der Waals surface area contributed by atoms with Gasteiger partial charge >= 0.3 is 17.7 Å². The zero-order chi connectivity index (χ0) is 17.0. The summed E-state index contributed by atoms with van der Waals surface area (Å²) in [7, 11) is -10.9. The van der Waals surface area contributed by atoms with E-state index in [0.717, 1.165) is 19.3 Å². The predicted octanol–water partition coefficient (Wildman–Crippen LogP) is 1.07. The van der Waals surface area contributed by atoms with E-state index in [1.165, 1.54) is 6.07 Å². The Bertz CT molecular complexity index is 657. The number of nitrogens with zero attached hydrogens (tertiary/aromatic N) is 1. The Morgan fingerprint density at radius 2 is 1.82 bits per heavy atom. The third kappa shape index (κ3) is 4.58. The van der Waals surface area contributed by atoms with Gasteiger partial charge in [0.15, 0.2) is 0 Å². The first kappa shape index (κ1) is 19.2. The van der Waals surface area contributed by atoms with Gasteiger partial charge in [-0.2, -0.15) is 8.42 Å². The van der Waals surface area contributed by atoms with Gasteiger partial charge in [-0.15, -0.1) is 0 Å². The highest BCUT2D eigenvalue weighted by Gasteiger charge is 2.56. The van der Waals surface area contributed by atoms with Crippen LogP contribution in [0.4, 0.5) is 0 Å². The molecule has 0 bridgehead atoms. The van der Waals surface area contributed by atoms with Crippen LogP contribution in [-0.4, -0.2) is 37.5 Å². The summed E-state index contributed by atoms with van der Waals surface area (Å²) in [6.45, 7) is 2.04. The average Bonchev–Trinajstić information content (AvgIpc) is 2.37. The van der Waals surface area contributed by atoms with Gasteiger partial charge in [0, 0.05) is 17.8 Å². The van der Waals surface area contributed by atoms with E-state index >= 15 is 0 Å². The van der Waals surface area contributed by atoms with E-state index < -0.39 is 28.8 Å². The summed E-state index contributed by atoms with van der Waals surface area (Å²) >= 11 is 0. The topological polar surface area (TPSA) is 145 Å². The van der Waals surface area contributed by atoms with Crippen molar-refractivity contribution >= 4 is 17.7 Å². The summed E-state index contributed by atoms with van der Waals surface area (Å²) < 4.78 is 39.0. The molecule has 126 valence electrons. The number of aryl methyl sites for hydroxylation is 1. The summed E-state index contributed by atoms with van der Waals surface area (Å²) in [6, 6.07) is 4.58. The fraction of sp³-hybridized carbons (Fsp3) is 0.583. The normalized spacial score (nSPS) is 15.5. The van der Waals surface area contributed by atoms with Crippen molar-refractivity contribution in [1.29, 1.82) is 0 Å². The molecule has 0 amide bonds. The van der Waals surface area contributed by atoms with Crippen molar-refractivity contribution in [2.45, 2.75) is 43.7 Å². The molecule has 0 aliphatic heterocycles. The van der Waals surface area contributed by atoms with E-state index in [0.29, 0.717) is 12.1 Å². The molecule has 0 aromatic carbocycles. The monoisotopic (exact) mass is 353 g/mol. The van der Waals surface area contributed by atoms with Gasteiger partial charge in [0.1, 0.15) is 0 Å². The first-order valence-corrected chi connectivity index (χ1v) is 9.76. The summed E-state index contributed by atoms with van der Waals surface area (Å²) in [5, 5.41) is 9.80. The lowest BCUT2D eigenvalue weighted by Crippen LogP contribution is -2.40. The van der Waals surface area contributed by atoms with Crippen molar-refractivity contribution in [3.8, 4) is 0 Å². The highest BCUT2D eigenvalue weighted by atomic mass is 32.2. The van der Waals surface area contributed by atoms with Crippen molar-refractivity contribution in [2.24, 2.45) is 0 Å². The molecule has 10 heteroatoms. The van der Waals surface area contributed by atoms with E-state index in [-0.39, 0.29) is 5.69 Å². The van der Waals surface area contributed by atoms with Crippen LogP contribution < -0.4 is 0 Å². The second-order valence-electron chi connectivity index (χ2n) is 5.02. The van der Waals surface area contributed by atoms with Crippen LogP contribution in [0.1, 0.15) is 37.6 Å². The summed E-state index contributed by atoms with van der Waals surface area (Å²) in [5.41, 5.74) is 0.590. The molecule has 0 aliphatic rings. The molecular formula is C12H20NO7PS. The molecule has 0 fully saturated rings. The molecule has 4 N–H and O–H groups in total. The lowest BCUT2D eigenvalue weighted by atomic mass is 10.1. The van der Waals surface area contributed by atoms with E-state index in [1.54, 1.807) is 12.1 Å². The quantitative estimate of drug-likeness (QED) is 0.308. The Morgan fingerprint density at radius 1 is 1.23 bits per heavy atom. The van der Waals surface area contributed by atoms with Gasteiger partial charge in [-0.05, 0) is 25.0 Å². The van der Waals surface area contributed by atoms with Crippen LogP contribution in [0.3, 0.4) is 0 Å². The van der Waals surface area contributed by atoms with E-state index in [9.17, 15) is 18.1 Å². The summed E-state index contributed by atoms with van der Waals surface area (Å²) in [6.07, 6.45) is 2.50. The third-order valence-corrected chi connectivity index (χ3v) is 6.63. The van der Waals surface area contributed by atoms with Crippen molar-refractivity contribution < 1.29 is 32.4 Å². The second kappa shape index (κ2) is 7.16. The van der Waals surface area contributed by atoms with Crippen molar-refractivity contribution in [1.82, 2.24) is 4.98 Å². The standard InChI is InChI=1S/C12H20NO7PS/c1-2-3-4-6-10-7-5-8-11(13-10)9-12(14,21(15,16)17)22(18,19)20/h5,7-8,14H,2-4,6,9H2,1H3,(H2,15,16,17)(H,18,19,20). The third-order valence-electron chi connectivity index (χ3n) is 3.18. The van der Waals surface area contributed by atoms with Gasteiger partial charge < -0.3 is 14.9 Å². The zero-order valence-corrected chi connectivity index (χ0v) is 13.8. The predicted molar refractivity (Wildman–Crippen MR) is 79.7 cm³/mol. The molecule has 0 spiro atoms. The van der Waals surface area contributed by atoms with E-state index in [1.807, 2.05) is 6.92 Å². The van der Waals surface area contributed by atoms with Crippen LogP contribution in [0.5, 0.6) is 0 Å². The minimum absolute atomic E-state index is 0.0301. The molecule has 0 radical (unpaired) electrons. The lowest BCUT2D eigenvalue weighted by Gasteiger charge is -2.25. The molecule has 1 unspecified atom stereocenters. The Labute approximate surface area is 129 Å². The number of aromatic nitrogens is 1. The van der Waals surface area contributed by atoms with Gasteiger partial charge in [-0.3, -0.25) is 14.1 Å². The molecule has 8 nitrogen and oxygen atoms in total. The van der Waals surface area contributed by atoms with Crippen LogP contribution in [0, 0.1) is 0 Å². The van der Waals surface area contributed by atoms with Gasteiger partial charge in [0.25, 0.3) is 4.67 Å². The zero-order valence-electron chi connectivity index (χ0n) is 12.1. The molecule has 1 heterocycles. The fourth-order valence-electron chi connectivity index (χ4n) is 1.90. The fourth-order valence-corrected chi connectivity index (χ4v) is 3.80.